The Morgan fingerprint density at radius 1 is 1.28 bits per heavy atom. The average Bonchev–Trinajstić information content (AvgIpc) is 3.18. The van der Waals surface area contributed by atoms with Crippen molar-refractivity contribution in [3.05, 3.63) is 28.9 Å². The fraction of sp³-hybridized carbons (Fsp3) is 0.545. The van der Waals surface area contributed by atoms with Crippen LogP contribution in [0.15, 0.2) is 18.3 Å². The number of ether oxygens (including phenoxy) is 1. The van der Waals surface area contributed by atoms with E-state index < -0.39 is 0 Å². The number of hydrogen-bond acceptors (Lipinski definition) is 6. The second kappa shape index (κ2) is 8.41. The van der Waals surface area contributed by atoms with Gasteiger partial charge in [-0.25, -0.2) is 0 Å². The van der Waals surface area contributed by atoms with Gasteiger partial charge < -0.3 is 10.1 Å². The summed E-state index contributed by atoms with van der Waals surface area (Å²) in [7, 11) is 0. The number of carbonyl (C=O) groups is 1. The molecule has 7 heteroatoms. The number of hydrogen-bond donors (Lipinski definition) is 1. The van der Waals surface area contributed by atoms with Crippen LogP contribution in [0.2, 0.25) is 0 Å². The Morgan fingerprint density at radius 3 is 2.86 bits per heavy atom. The lowest BCUT2D eigenvalue weighted by Crippen LogP contribution is -2.56. The third kappa shape index (κ3) is 4.17. The maximum atomic E-state index is 13.0. The van der Waals surface area contributed by atoms with Crippen LogP contribution in [0.1, 0.15) is 34.6 Å². The standard InChI is InChI=1S/C22H26N4O2S/c27-22(24-20-14-16-4-8-26(20)9-5-16)21-18-15-17(29-19(18)3-6-23-21)2-1-7-25-10-12-28-13-11-25/h3,6,15-16,20H,4-5,7-14H2,(H,24,27). The molecular formula is C22H26N4O2S. The predicted molar refractivity (Wildman–Crippen MR) is 114 cm³/mol. The third-order valence-corrected chi connectivity index (χ3v) is 7.24. The lowest BCUT2D eigenvalue weighted by Gasteiger charge is -2.45. The van der Waals surface area contributed by atoms with Gasteiger partial charge in [-0.15, -0.1) is 11.3 Å². The fourth-order valence-corrected chi connectivity index (χ4v) is 5.47. The minimum Gasteiger partial charge on any atom is -0.379 e. The minimum atomic E-state index is -0.0706. The molecule has 0 aliphatic carbocycles. The van der Waals surface area contributed by atoms with E-state index in [1.54, 1.807) is 17.5 Å². The number of pyridine rings is 1. The van der Waals surface area contributed by atoms with Gasteiger partial charge in [-0.3, -0.25) is 19.6 Å². The highest BCUT2D eigenvalue weighted by Gasteiger charge is 2.34. The van der Waals surface area contributed by atoms with E-state index in [-0.39, 0.29) is 12.1 Å². The molecule has 0 spiro atoms. The van der Waals surface area contributed by atoms with Crippen LogP contribution in [0.25, 0.3) is 10.1 Å². The van der Waals surface area contributed by atoms with Crippen LogP contribution in [0.4, 0.5) is 0 Å². The molecule has 0 saturated carbocycles. The van der Waals surface area contributed by atoms with Crippen molar-refractivity contribution in [3.8, 4) is 11.8 Å². The van der Waals surface area contributed by atoms with Crippen molar-refractivity contribution in [1.29, 1.82) is 0 Å². The summed E-state index contributed by atoms with van der Waals surface area (Å²) in [6.45, 7) is 6.38. The van der Waals surface area contributed by atoms with Gasteiger partial charge >= 0.3 is 0 Å². The minimum absolute atomic E-state index is 0.0706. The summed E-state index contributed by atoms with van der Waals surface area (Å²) in [5, 5.41) is 4.13. The molecule has 4 aliphatic heterocycles. The SMILES string of the molecule is O=C(NC1CC2CCN1CC2)c1nccc2sc(C#CCN3CCOCC3)cc12. The zero-order chi connectivity index (χ0) is 19.6. The molecule has 4 aliphatic rings. The summed E-state index contributed by atoms with van der Waals surface area (Å²) in [6, 6.07) is 3.98. The van der Waals surface area contributed by atoms with Gasteiger partial charge in [-0.05, 0) is 37.3 Å². The van der Waals surface area contributed by atoms with E-state index in [1.165, 1.54) is 12.8 Å². The van der Waals surface area contributed by atoms with E-state index in [0.29, 0.717) is 5.69 Å². The summed E-state index contributed by atoms with van der Waals surface area (Å²) >= 11 is 1.63. The summed E-state index contributed by atoms with van der Waals surface area (Å²) in [4.78, 5) is 23.1. The molecule has 4 fully saturated rings. The zero-order valence-corrected chi connectivity index (χ0v) is 17.3. The number of rotatable bonds is 3. The number of nitrogens with one attached hydrogen (secondary N) is 1. The van der Waals surface area contributed by atoms with E-state index in [9.17, 15) is 4.79 Å². The van der Waals surface area contributed by atoms with Crippen molar-refractivity contribution in [2.45, 2.75) is 25.4 Å². The van der Waals surface area contributed by atoms with E-state index in [0.717, 1.165) is 73.2 Å². The molecule has 0 aromatic carbocycles. The van der Waals surface area contributed by atoms with Gasteiger partial charge in [0.1, 0.15) is 5.69 Å². The van der Waals surface area contributed by atoms with Gasteiger partial charge in [-0.2, -0.15) is 0 Å². The van der Waals surface area contributed by atoms with E-state index in [2.05, 4.69) is 31.9 Å². The molecule has 6 rings (SSSR count). The van der Waals surface area contributed by atoms with Crippen LogP contribution >= 0.6 is 11.3 Å². The van der Waals surface area contributed by atoms with Crippen LogP contribution < -0.4 is 5.32 Å². The van der Waals surface area contributed by atoms with Crippen LogP contribution in [0.5, 0.6) is 0 Å². The van der Waals surface area contributed by atoms with Crippen LogP contribution in [-0.2, 0) is 4.74 Å². The molecule has 1 unspecified atom stereocenters. The van der Waals surface area contributed by atoms with Crippen molar-refractivity contribution < 1.29 is 9.53 Å². The Morgan fingerprint density at radius 2 is 2.10 bits per heavy atom. The quantitative estimate of drug-likeness (QED) is 0.786. The largest absolute Gasteiger partial charge is 0.379 e. The number of thiophene rings is 1. The summed E-state index contributed by atoms with van der Waals surface area (Å²) in [5.74, 6) is 7.22. The summed E-state index contributed by atoms with van der Waals surface area (Å²) < 4.78 is 6.44. The number of morpholine rings is 1. The van der Waals surface area contributed by atoms with E-state index in [1.807, 2.05) is 12.1 Å². The van der Waals surface area contributed by atoms with Crippen LogP contribution in [0.3, 0.4) is 0 Å². The van der Waals surface area contributed by atoms with Gasteiger partial charge in [0.15, 0.2) is 0 Å². The summed E-state index contributed by atoms with van der Waals surface area (Å²) in [6.07, 6.45) is 5.46. The molecule has 1 N–H and O–H groups in total. The second-order valence-corrected chi connectivity index (χ2v) is 9.16. The van der Waals surface area contributed by atoms with Crippen molar-refractivity contribution in [1.82, 2.24) is 20.1 Å². The van der Waals surface area contributed by atoms with Crippen molar-refractivity contribution in [2.24, 2.45) is 5.92 Å². The van der Waals surface area contributed by atoms with Gasteiger partial charge in [-0.1, -0.05) is 11.8 Å². The Balaban J connectivity index is 1.30. The third-order valence-electron chi connectivity index (χ3n) is 6.22. The predicted octanol–water partition coefficient (Wildman–Crippen LogP) is 2.15. The van der Waals surface area contributed by atoms with Gasteiger partial charge in [0.05, 0.1) is 30.8 Å². The molecule has 6 nitrogen and oxygen atoms in total. The van der Waals surface area contributed by atoms with Crippen LogP contribution in [0, 0.1) is 17.8 Å². The Hall–Kier alpha value is -1.98. The molecule has 1 amide bonds. The van der Waals surface area contributed by atoms with Gasteiger partial charge in [0.2, 0.25) is 0 Å². The zero-order valence-electron chi connectivity index (χ0n) is 16.5. The highest BCUT2D eigenvalue weighted by Crippen LogP contribution is 2.31. The Labute approximate surface area is 175 Å². The number of piperidine rings is 3. The number of nitrogens with zero attached hydrogens (tertiary/aromatic N) is 3. The molecule has 4 saturated heterocycles. The molecule has 152 valence electrons. The first kappa shape index (κ1) is 19.0. The number of aromatic nitrogens is 1. The van der Waals surface area contributed by atoms with Gasteiger partial charge in [0, 0.05) is 42.5 Å². The van der Waals surface area contributed by atoms with Crippen molar-refractivity contribution in [3.63, 3.8) is 0 Å². The molecule has 29 heavy (non-hydrogen) atoms. The number of fused-ring (bicyclic) bond motifs is 4. The maximum absolute atomic E-state index is 13.0. The highest BCUT2D eigenvalue weighted by molar-refractivity contribution is 7.19. The molecule has 6 heterocycles. The van der Waals surface area contributed by atoms with E-state index >= 15 is 0 Å². The first-order chi connectivity index (χ1) is 14.3. The van der Waals surface area contributed by atoms with E-state index in [4.69, 9.17) is 4.74 Å². The lowest BCUT2D eigenvalue weighted by atomic mass is 9.86. The lowest BCUT2D eigenvalue weighted by molar-refractivity contribution is 0.0294. The Bertz CT molecular complexity index is 949. The molecule has 2 aromatic heterocycles. The second-order valence-electron chi connectivity index (χ2n) is 8.08. The monoisotopic (exact) mass is 410 g/mol. The van der Waals surface area contributed by atoms with Crippen molar-refractivity contribution >= 4 is 27.3 Å². The topological polar surface area (TPSA) is 57.7 Å². The number of amides is 1. The maximum Gasteiger partial charge on any atom is 0.271 e. The Kier molecular flexibility index (Phi) is 5.51. The molecule has 1 atom stereocenters. The molecular weight excluding hydrogens is 384 g/mol. The highest BCUT2D eigenvalue weighted by atomic mass is 32.1. The van der Waals surface area contributed by atoms with Crippen molar-refractivity contribution in [2.75, 3.05) is 45.9 Å². The molecule has 2 bridgehead atoms. The van der Waals surface area contributed by atoms with Crippen LogP contribution in [-0.4, -0.2) is 72.8 Å². The molecule has 2 aromatic rings. The number of carbonyl (C=O) groups excluding carboxylic acids is 1. The first-order valence-corrected chi connectivity index (χ1v) is 11.3. The van der Waals surface area contributed by atoms with Gasteiger partial charge in [0.25, 0.3) is 5.91 Å². The average molecular weight is 411 g/mol. The smallest absolute Gasteiger partial charge is 0.271 e. The fourth-order valence-electron chi connectivity index (χ4n) is 4.54. The first-order valence-electron chi connectivity index (χ1n) is 10.5. The normalized spacial score (nSPS) is 26.8. The molecule has 0 radical (unpaired) electrons. The summed E-state index contributed by atoms with van der Waals surface area (Å²) in [5.41, 5.74) is 0.516.